The zero-order valence-electron chi connectivity index (χ0n) is 12.1. The Balaban J connectivity index is 2.53. The van der Waals surface area contributed by atoms with Crippen molar-refractivity contribution in [3.63, 3.8) is 0 Å². The van der Waals surface area contributed by atoms with E-state index < -0.39 is 0 Å². The molecule has 0 aliphatic heterocycles. The average Bonchev–Trinajstić information content (AvgIpc) is 2.36. The van der Waals surface area contributed by atoms with Crippen LogP contribution in [0, 0.1) is 0 Å². The van der Waals surface area contributed by atoms with Gasteiger partial charge in [0.05, 0.1) is 0 Å². The highest BCUT2D eigenvalue weighted by atomic mass is 16.2. The summed E-state index contributed by atoms with van der Waals surface area (Å²) in [7, 11) is 0. The number of hydrogen-bond donors (Lipinski definition) is 2. The molecule has 1 aromatic rings. The number of benzene rings is 1. The molecule has 0 aromatic heterocycles. The SMILES string of the molecule is CC(CCCO)NC(C)c1ccc(C(C)C)cc1. The van der Waals surface area contributed by atoms with Crippen molar-refractivity contribution in [1.29, 1.82) is 0 Å². The van der Waals surface area contributed by atoms with Gasteiger partial charge in [0.1, 0.15) is 0 Å². The first-order valence-corrected chi connectivity index (χ1v) is 7.01. The highest BCUT2D eigenvalue weighted by molar-refractivity contribution is 5.26. The van der Waals surface area contributed by atoms with Gasteiger partial charge in [-0.3, -0.25) is 0 Å². The van der Waals surface area contributed by atoms with Crippen molar-refractivity contribution in [2.45, 2.75) is 58.5 Å². The highest BCUT2D eigenvalue weighted by Crippen LogP contribution is 2.19. The van der Waals surface area contributed by atoms with Crippen molar-refractivity contribution < 1.29 is 5.11 Å². The summed E-state index contributed by atoms with van der Waals surface area (Å²) in [4.78, 5) is 0. The summed E-state index contributed by atoms with van der Waals surface area (Å²) >= 11 is 0. The lowest BCUT2D eigenvalue weighted by molar-refractivity contribution is 0.274. The second-order valence-corrected chi connectivity index (χ2v) is 5.48. The third-order valence-corrected chi connectivity index (χ3v) is 3.43. The van der Waals surface area contributed by atoms with Crippen molar-refractivity contribution in [3.8, 4) is 0 Å². The molecule has 0 spiro atoms. The Bertz CT molecular complexity index is 331. The lowest BCUT2D eigenvalue weighted by Crippen LogP contribution is -2.29. The molecular formula is C16H27NO. The number of rotatable bonds is 7. The normalized spacial score (nSPS) is 14.8. The van der Waals surface area contributed by atoms with E-state index in [4.69, 9.17) is 5.11 Å². The molecule has 0 aliphatic carbocycles. The molecule has 2 N–H and O–H groups in total. The smallest absolute Gasteiger partial charge is 0.0431 e. The fourth-order valence-electron chi connectivity index (χ4n) is 2.17. The van der Waals surface area contributed by atoms with E-state index in [0.717, 1.165) is 12.8 Å². The quantitative estimate of drug-likeness (QED) is 0.773. The second-order valence-electron chi connectivity index (χ2n) is 5.48. The third-order valence-electron chi connectivity index (χ3n) is 3.43. The predicted octanol–water partition coefficient (Wildman–Crippen LogP) is 3.62. The van der Waals surface area contributed by atoms with Crippen LogP contribution in [-0.4, -0.2) is 17.8 Å². The van der Waals surface area contributed by atoms with Crippen molar-refractivity contribution >= 4 is 0 Å². The van der Waals surface area contributed by atoms with Crippen LogP contribution in [0.3, 0.4) is 0 Å². The Labute approximate surface area is 111 Å². The van der Waals surface area contributed by atoms with Gasteiger partial charge < -0.3 is 10.4 Å². The zero-order valence-corrected chi connectivity index (χ0v) is 12.1. The molecule has 18 heavy (non-hydrogen) atoms. The van der Waals surface area contributed by atoms with Crippen LogP contribution in [0.15, 0.2) is 24.3 Å². The number of nitrogens with one attached hydrogen (secondary N) is 1. The average molecular weight is 249 g/mol. The molecule has 0 heterocycles. The molecule has 0 bridgehead atoms. The van der Waals surface area contributed by atoms with E-state index in [9.17, 15) is 0 Å². The monoisotopic (exact) mass is 249 g/mol. The van der Waals surface area contributed by atoms with Crippen LogP contribution < -0.4 is 5.32 Å². The fraction of sp³-hybridized carbons (Fsp3) is 0.625. The highest BCUT2D eigenvalue weighted by Gasteiger charge is 2.09. The maximum atomic E-state index is 8.82. The molecule has 2 unspecified atom stereocenters. The fourth-order valence-corrected chi connectivity index (χ4v) is 2.17. The summed E-state index contributed by atoms with van der Waals surface area (Å²) in [5, 5.41) is 12.4. The van der Waals surface area contributed by atoms with Gasteiger partial charge in [-0.15, -0.1) is 0 Å². The molecule has 102 valence electrons. The lowest BCUT2D eigenvalue weighted by atomic mass is 9.99. The minimum absolute atomic E-state index is 0.281. The van der Waals surface area contributed by atoms with Gasteiger partial charge in [0.15, 0.2) is 0 Å². The maximum absolute atomic E-state index is 8.82. The van der Waals surface area contributed by atoms with Gasteiger partial charge in [0.25, 0.3) is 0 Å². The summed E-state index contributed by atoms with van der Waals surface area (Å²) in [6, 6.07) is 9.67. The standard InChI is InChI=1S/C16H27NO/c1-12(2)15-7-9-16(10-8-15)14(4)17-13(3)6-5-11-18/h7-10,12-14,17-18H,5-6,11H2,1-4H3. The van der Waals surface area contributed by atoms with Crippen LogP contribution in [0.5, 0.6) is 0 Å². The van der Waals surface area contributed by atoms with Gasteiger partial charge in [0.2, 0.25) is 0 Å². The first-order valence-electron chi connectivity index (χ1n) is 7.01. The van der Waals surface area contributed by atoms with E-state index in [1.165, 1.54) is 11.1 Å². The molecule has 1 rings (SSSR count). The molecular weight excluding hydrogens is 222 g/mol. The van der Waals surface area contributed by atoms with Gasteiger partial charge >= 0.3 is 0 Å². The summed E-state index contributed by atoms with van der Waals surface area (Å²) in [6.45, 7) is 9.08. The largest absolute Gasteiger partial charge is 0.396 e. The molecule has 0 fully saturated rings. The Hall–Kier alpha value is -0.860. The molecule has 0 radical (unpaired) electrons. The van der Waals surface area contributed by atoms with E-state index >= 15 is 0 Å². The zero-order chi connectivity index (χ0) is 13.5. The summed E-state index contributed by atoms with van der Waals surface area (Å²) < 4.78 is 0. The number of aliphatic hydroxyl groups is 1. The number of aliphatic hydroxyl groups excluding tert-OH is 1. The molecule has 0 aliphatic rings. The predicted molar refractivity (Wildman–Crippen MR) is 77.9 cm³/mol. The minimum Gasteiger partial charge on any atom is -0.396 e. The van der Waals surface area contributed by atoms with Crippen LogP contribution in [-0.2, 0) is 0 Å². The van der Waals surface area contributed by atoms with Crippen LogP contribution >= 0.6 is 0 Å². The van der Waals surface area contributed by atoms with Crippen LogP contribution in [0.4, 0.5) is 0 Å². The topological polar surface area (TPSA) is 32.3 Å². The summed E-state index contributed by atoms with van der Waals surface area (Å²) in [5.41, 5.74) is 2.72. The molecule has 2 nitrogen and oxygen atoms in total. The first-order chi connectivity index (χ1) is 8.54. The van der Waals surface area contributed by atoms with Crippen molar-refractivity contribution in [2.24, 2.45) is 0 Å². The van der Waals surface area contributed by atoms with Crippen molar-refractivity contribution in [1.82, 2.24) is 5.32 Å². The Kier molecular flexibility index (Phi) is 6.37. The van der Waals surface area contributed by atoms with E-state index in [2.05, 4.69) is 57.3 Å². The van der Waals surface area contributed by atoms with E-state index in [0.29, 0.717) is 18.0 Å². The van der Waals surface area contributed by atoms with E-state index in [-0.39, 0.29) is 6.61 Å². The van der Waals surface area contributed by atoms with Crippen molar-refractivity contribution in [3.05, 3.63) is 35.4 Å². The summed E-state index contributed by atoms with van der Waals surface area (Å²) in [5.74, 6) is 0.589. The second kappa shape index (κ2) is 7.55. The van der Waals surface area contributed by atoms with E-state index in [1.54, 1.807) is 0 Å². The Morgan fingerprint density at radius 2 is 1.56 bits per heavy atom. The number of hydrogen-bond acceptors (Lipinski definition) is 2. The van der Waals surface area contributed by atoms with Gasteiger partial charge in [-0.1, -0.05) is 38.1 Å². The van der Waals surface area contributed by atoms with Gasteiger partial charge in [-0.2, -0.15) is 0 Å². The van der Waals surface area contributed by atoms with Crippen LogP contribution in [0.25, 0.3) is 0 Å². The minimum atomic E-state index is 0.281. The van der Waals surface area contributed by atoms with E-state index in [1.807, 2.05) is 0 Å². The van der Waals surface area contributed by atoms with Crippen molar-refractivity contribution in [2.75, 3.05) is 6.61 Å². The van der Waals surface area contributed by atoms with Gasteiger partial charge in [-0.05, 0) is 43.7 Å². The molecule has 2 atom stereocenters. The molecule has 0 saturated carbocycles. The van der Waals surface area contributed by atoms with Gasteiger partial charge in [0, 0.05) is 18.7 Å². The Morgan fingerprint density at radius 1 is 1.00 bits per heavy atom. The van der Waals surface area contributed by atoms with Crippen LogP contribution in [0.1, 0.15) is 63.6 Å². The maximum Gasteiger partial charge on any atom is 0.0431 e. The Morgan fingerprint density at radius 3 is 2.06 bits per heavy atom. The first kappa shape index (κ1) is 15.2. The molecule has 0 saturated heterocycles. The van der Waals surface area contributed by atoms with Gasteiger partial charge in [-0.25, -0.2) is 0 Å². The summed E-state index contributed by atoms with van der Waals surface area (Å²) in [6.07, 6.45) is 1.89. The molecule has 0 amide bonds. The molecule has 2 heteroatoms. The lowest BCUT2D eigenvalue weighted by Gasteiger charge is -2.20. The van der Waals surface area contributed by atoms with Crippen LogP contribution in [0.2, 0.25) is 0 Å². The molecule has 1 aromatic carbocycles. The third kappa shape index (κ3) is 4.79.